The van der Waals surface area contributed by atoms with Gasteiger partial charge in [0.2, 0.25) is 5.91 Å². The summed E-state index contributed by atoms with van der Waals surface area (Å²) in [5, 5.41) is 11.5. The maximum absolute atomic E-state index is 14.7. The molecule has 2 unspecified atom stereocenters. The first-order valence-corrected chi connectivity index (χ1v) is 12.1. The van der Waals surface area contributed by atoms with Crippen molar-refractivity contribution in [2.75, 3.05) is 26.2 Å². The van der Waals surface area contributed by atoms with Gasteiger partial charge in [-0.1, -0.05) is 26.0 Å². The molecule has 36 heavy (non-hydrogen) atoms. The van der Waals surface area contributed by atoms with Gasteiger partial charge in [-0.05, 0) is 31.5 Å². The Bertz CT molecular complexity index is 1100. The lowest BCUT2D eigenvalue weighted by Gasteiger charge is -2.48. The second-order valence-electron chi connectivity index (χ2n) is 10.4. The third-order valence-corrected chi connectivity index (χ3v) is 7.92. The summed E-state index contributed by atoms with van der Waals surface area (Å²) in [5.41, 5.74) is -1.24. The number of piperidine rings is 1. The Labute approximate surface area is 215 Å². The van der Waals surface area contributed by atoms with Gasteiger partial charge < -0.3 is 10.0 Å². The first-order valence-electron chi connectivity index (χ1n) is 12.1. The minimum Gasteiger partial charge on any atom is -0.384 e. The van der Waals surface area contributed by atoms with Crippen molar-refractivity contribution in [1.82, 2.24) is 9.80 Å². The van der Waals surface area contributed by atoms with E-state index in [4.69, 9.17) is 0 Å². The van der Waals surface area contributed by atoms with Gasteiger partial charge in [-0.2, -0.15) is 0 Å². The Balaban J connectivity index is 0.00000361. The molecule has 1 N–H and O–H groups in total. The maximum Gasteiger partial charge on any atom is 0.227 e. The highest BCUT2D eigenvalue weighted by atomic mass is 35.5. The van der Waals surface area contributed by atoms with Crippen LogP contribution in [0, 0.1) is 41.0 Å². The van der Waals surface area contributed by atoms with Crippen LogP contribution in [0.25, 0.3) is 0 Å². The van der Waals surface area contributed by atoms with E-state index in [0.717, 1.165) is 18.2 Å². The van der Waals surface area contributed by atoms with Crippen molar-refractivity contribution in [2.24, 2.45) is 17.8 Å². The molecule has 198 valence electrons. The molecule has 0 aliphatic carbocycles. The molecule has 2 saturated heterocycles. The molecule has 0 saturated carbocycles. The number of carbonyl (C=O) groups is 1. The van der Waals surface area contributed by atoms with E-state index in [1.54, 1.807) is 18.7 Å². The SMILES string of the molecule is CC(C)N1C[C@@H](C(=O)N2CC(C)C(O)(c3ccc(F)cc3F)C(C)C2)[C@H](c2ccc(F)cc2F)C1.Cl. The molecule has 0 radical (unpaired) electrons. The Hall–Kier alpha value is -2.16. The number of hydrogen-bond donors (Lipinski definition) is 1. The predicted octanol–water partition coefficient (Wildman–Crippen LogP) is 5.09. The zero-order valence-electron chi connectivity index (χ0n) is 20.8. The molecule has 4 atom stereocenters. The van der Waals surface area contributed by atoms with Gasteiger partial charge in [0, 0.05) is 67.7 Å². The highest BCUT2D eigenvalue weighted by Gasteiger charge is 2.50. The fourth-order valence-corrected chi connectivity index (χ4v) is 5.88. The van der Waals surface area contributed by atoms with E-state index in [0.29, 0.717) is 18.7 Å². The molecule has 0 aromatic heterocycles. The minimum absolute atomic E-state index is 0. The molecule has 2 aromatic rings. The Morgan fingerprint density at radius 1 is 0.917 bits per heavy atom. The lowest BCUT2D eigenvalue weighted by Crippen LogP contribution is -2.57. The average molecular weight is 529 g/mol. The maximum atomic E-state index is 14.7. The van der Waals surface area contributed by atoms with Gasteiger partial charge in [-0.3, -0.25) is 9.69 Å². The van der Waals surface area contributed by atoms with Gasteiger partial charge in [0.25, 0.3) is 0 Å². The van der Waals surface area contributed by atoms with Crippen LogP contribution in [0.2, 0.25) is 0 Å². The minimum atomic E-state index is -1.57. The van der Waals surface area contributed by atoms with Crippen molar-refractivity contribution < 1.29 is 27.5 Å². The molecule has 2 aliphatic heterocycles. The van der Waals surface area contributed by atoms with E-state index >= 15 is 0 Å². The van der Waals surface area contributed by atoms with Crippen LogP contribution in [0.4, 0.5) is 17.6 Å². The van der Waals surface area contributed by atoms with E-state index in [9.17, 15) is 27.5 Å². The number of likely N-dealkylation sites (tertiary alicyclic amines) is 2. The highest BCUT2D eigenvalue weighted by Crippen LogP contribution is 2.44. The van der Waals surface area contributed by atoms with Gasteiger partial charge in [0.15, 0.2) is 0 Å². The molecule has 1 amide bonds. The largest absolute Gasteiger partial charge is 0.384 e. The second kappa shape index (κ2) is 10.7. The summed E-state index contributed by atoms with van der Waals surface area (Å²) in [4.78, 5) is 17.5. The average Bonchev–Trinajstić information content (AvgIpc) is 3.22. The standard InChI is InChI=1S/C27H32F4N2O2.ClH/c1-15(2)32-13-21(20-7-5-18(28)9-24(20)30)22(14-32)26(34)33-11-16(3)27(35,17(4)12-33)23-8-6-19(29)10-25(23)31;/h5-10,15-17,21-22,35H,11-14H2,1-4H3;1H/t16?,17?,21-,22+,27?;/m0./s1. The molecule has 2 heterocycles. The number of carbonyl (C=O) groups excluding carboxylic acids is 1. The molecule has 2 aromatic carbocycles. The number of hydrogen-bond acceptors (Lipinski definition) is 3. The predicted molar refractivity (Wildman–Crippen MR) is 132 cm³/mol. The van der Waals surface area contributed by atoms with Crippen LogP contribution >= 0.6 is 12.4 Å². The van der Waals surface area contributed by atoms with Crippen LogP contribution in [0.15, 0.2) is 36.4 Å². The lowest BCUT2D eigenvalue weighted by molar-refractivity contribution is -0.153. The van der Waals surface area contributed by atoms with Crippen molar-refractivity contribution in [3.63, 3.8) is 0 Å². The lowest BCUT2D eigenvalue weighted by atomic mass is 9.70. The first kappa shape index (κ1) is 28.4. The Kier molecular flexibility index (Phi) is 8.43. The van der Waals surface area contributed by atoms with Crippen LogP contribution in [0.5, 0.6) is 0 Å². The molecule has 4 rings (SSSR count). The molecule has 9 heteroatoms. The summed E-state index contributed by atoms with van der Waals surface area (Å²) >= 11 is 0. The number of halogens is 5. The third-order valence-electron chi connectivity index (χ3n) is 7.92. The molecule has 2 fully saturated rings. The van der Waals surface area contributed by atoms with Crippen LogP contribution in [-0.2, 0) is 10.4 Å². The molecule has 0 bridgehead atoms. The zero-order chi connectivity index (χ0) is 25.7. The molecular formula is C27H33ClF4N2O2. The van der Waals surface area contributed by atoms with Crippen molar-refractivity contribution in [2.45, 2.75) is 45.3 Å². The quantitative estimate of drug-likeness (QED) is 0.562. The van der Waals surface area contributed by atoms with Crippen LogP contribution in [-0.4, -0.2) is 53.0 Å². The number of rotatable bonds is 4. The Morgan fingerprint density at radius 3 is 2.00 bits per heavy atom. The number of amides is 1. The molecule has 4 nitrogen and oxygen atoms in total. The zero-order valence-corrected chi connectivity index (χ0v) is 21.7. The van der Waals surface area contributed by atoms with Crippen molar-refractivity contribution >= 4 is 18.3 Å². The van der Waals surface area contributed by atoms with E-state index in [-0.39, 0.29) is 43.0 Å². The highest BCUT2D eigenvalue weighted by molar-refractivity contribution is 5.85. The van der Waals surface area contributed by atoms with Crippen molar-refractivity contribution in [1.29, 1.82) is 0 Å². The monoisotopic (exact) mass is 528 g/mol. The summed E-state index contributed by atoms with van der Waals surface area (Å²) < 4.78 is 56.3. The Morgan fingerprint density at radius 2 is 1.47 bits per heavy atom. The number of nitrogens with zero attached hydrogens (tertiary/aromatic N) is 2. The molecular weight excluding hydrogens is 496 g/mol. The fourth-order valence-electron chi connectivity index (χ4n) is 5.88. The van der Waals surface area contributed by atoms with Crippen molar-refractivity contribution in [3.05, 3.63) is 70.8 Å². The normalized spacial score (nSPS) is 28.9. The second-order valence-corrected chi connectivity index (χ2v) is 10.4. The van der Waals surface area contributed by atoms with Gasteiger partial charge in [-0.15, -0.1) is 12.4 Å². The molecule has 2 aliphatic rings. The summed E-state index contributed by atoms with van der Waals surface area (Å²) in [6.45, 7) is 8.76. The van der Waals surface area contributed by atoms with Crippen LogP contribution < -0.4 is 0 Å². The van der Waals surface area contributed by atoms with E-state index < -0.39 is 52.5 Å². The van der Waals surface area contributed by atoms with Gasteiger partial charge in [0.05, 0.1) is 5.92 Å². The topological polar surface area (TPSA) is 43.8 Å². The van der Waals surface area contributed by atoms with Crippen LogP contribution in [0.3, 0.4) is 0 Å². The van der Waals surface area contributed by atoms with Gasteiger partial charge in [-0.25, -0.2) is 17.6 Å². The third kappa shape index (κ3) is 5.00. The van der Waals surface area contributed by atoms with E-state index in [1.165, 1.54) is 18.2 Å². The van der Waals surface area contributed by atoms with Gasteiger partial charge >= 0.3 is 0 Å². The fraction of sp³-hybridized carbons (Fsp3) is 0.519. The van der Waals surface area contributed by atoms with E-state index in [1.807, 2.05) is 13.8 Å². The molecule has 0 spiro atoms. The summed E-state index contributed by atoms with van der Waals surface area (Å²) in [7, 11) is 0. The number of aliphatic hydroxyl groups is 1. The number of benzene rings is 2. The van der Waals surface area contributed by atoms with E-state index in [2.05, 4.69) is 4.90 Å². The smallest absolute Gasteiger partial charge is 0.227 e. The summed E-state index contributed by atoms with van der Waals surface area (Å²) in [6.07, 6.45) is 0. The first-order chi connectivity index (χ1) is 16.4. The van der Waals surface area contributed by atoms with Crippen molar-refractivity contribution in [3.8, 4) is 0 Å². The van der Waals surface area contributed by atoms with Crippen LogP contribution in [0.1, 0.15) is 44.7 Å². The van der Waals surface area contributed by atoms with Gasteiger partial charge in [0.1, 0.15) is 28.9 Å². The summed E-state index contributed by atoms with van der Waals surface area (Å²) in [6, 6.07) is 6.75. The summed E-state index contributed by atoms with van der Waals surface area (Å²) in [5.74, 6) is -5.07.